The van der Waals surface area contributed by atoms with E-state index in [1.165, 1.54) is 4.52 Å². The number of hydrogen-bond acceptors (Lipinski definition) is 7. The molecule has 7 nitrogen and oxygen atoms in total. The zero-order chi connectivity index (χ0) is 13.2. The molecule has 96 valence electrons. The number of hydrogen-bond donors (Lipinski definition) is 0. The number of fused-ring (bicyclic) bond motifs is 1. The van der Waals surface area contributed by atoms with Gasteiger partial charge in [-0.2, -0.15) is 4.52 Å². The van der Waals surface area contributed by atoms with Gasteiger partial charge in [-0.25, -0.2) is 4.79 Å². The van der Waals surface area contributed by atoms with Crippen molar-refractivity contribution in [3.8, 4) is 11.4 Å². The molecule has 3 rings (SSSR count). The summed E-state index contributed by atoms with van der Waals surface area (Å²) in [5, 5.41) is 12.5. The van der Waals surface area contributed by atoms with Crippen molar-refractivity contribution in [2.45, 2.75) is 6.92 Å². The van der Waals surface area contributed by atoms with Crippen LogP contribution in [0.15, 0.2) is 24.5 Å². The lowest BCUT2D eigenvalue weighted by Gasteiger charge is -1.96. The minimum absolute atomic E-state index is 0.261. The Bertz CT molecular complexity index is 721. The van der Waals surface area contributed by atoms with Gasteiger partial charge in [0.25, 0.3) is 0 Å². The number of carbonyl (C=O) groups is 1. The highest BCUT2D eigenvalue weighted by molar-refractivity contribution is 7.18. The van der Waals surface area contributed by atoms with E-state index in [0.29, 0.717) is 17.4 Å². The van der Waals surface area contributed by atoms with Gasteiger partial charge in [0, 0.05) is 18.0 Å². The van der Waals surface area contributed by atoms with E-state index >= 15 is 0 Å². The highest BCUT2D eigenvalue weighted by Gasteiger charge is 2.18. The Morgan fingerprint density at radius 1 is 1.47 bits per heavy atom. The largest absolute Gasteiger partial charge is 0.461 e. The molecule has 0 aliphatic carbocycles. The number of ether oxygens (including phenoxy) is 1. The van der Waals surface area contributed by atoms with E-state index in [1.54, 1.807) is 25.4 Å². The van der Waals surface area contributed by atoms with Crippen molar-refractivity contribution in [1.29, 1.82) is 0 Å². The molecule has 0 aliphatic rings. The van der Waals surface area contributed by atoms with Crippen LogP contribution < -0.4 is 0 Å². The van der Waals surface area contributed by atoms with Crippen LogP contribution in [0.25, 0.3) is 16.3 Å². The highest BCUT2D eigenvalue weighted by Crippen LogP contribution is 2.21. The standard InChI is InChI=1S/C11H9N5O2S/c1-2-18-10(17)9-15-16-8(13-14-11(16)19-9)7-4-3-5-12-6-7/h3-6H,2H2,1H3. The lowest BCUT2D eigenvalue weighted by atomic mass is 10.3. The van der Waals surface area contributed by atoms with Crippen LogP contribution in [0.1, 0.15) is 16.7 Å². The van der Waals surface area contributed by atoms with Gasteiger partial charge in [0.05, 0.1) is 6.61 Å². The molecule has 0 spiro atoms. The average Bonchev–Trinajstić information content (AvgIpc) is 2.99. The molecule has 0 N–H and O–H groups in total. The quantitative estimate of drug-likeness (QED) is 0.672. The molecular weight excluding hydrogens is 266 g/mol. The van der Waals surface area contributed by atoms with E-state index < -0.39 is 5.97 Å². The van der Waals surface area contributed by atoms with Crippen molar-refractivity contribution in [2.75, 3.05) is 6.61 Å². The summed E-state index contributed by atoms with van der Waals surface area (Å²) in [4.78, 5) is 16.2. The third-order valence-electron chi connectivity index (χ3n) is 2.36. The first kappa shape index (κ1) is 11.7. The highest BCUT2D eigenvalue weighted by atomic mass is 32.1. The molecule has 0 aromatic carbocycles. The number of rotatable bonds is 3. The van der Waals surface area contributed by atoms with Crippen LogP contribution >= 0.6 is 11.3 Å². The number of carbonyl (C=O) groups excluding carboxylic acids is 1. The van der Waals surface area contributed by atoms with Gasteiger partial charge >= 0.3 is 5.97 Å². The van der Waals surface area contributed by atoms with Gasteiger partial charge in [0.15, 0.2) is 5.82 Å². The molecular formula is C11H9N5O2S. The fourth-order valence-corrected chi connectivity index (χ4v) is 2.30. The van der Waals surface area contributed by atoms with Gasteiger partial charge in [-0.15, -0.1) is 15.3 Å². The van der Waals surface area contributed by atoms with Crippen molar-refractivity contribution in [2.24, 2.45) is 0 Å². The minimum Gasteiger partial charge on any atom is -0.461 e. The molecule has 8 heteroatoms. The van der Waals surface area contributed by atoms with Crippen molar-refractivity contribution in [3.63, 3.8) is 0 Å². The smallest absolute Gasteiger partial charge is 0.369 e. The molecule has 0 atom stereocenters. The summed E-state index contributed by atoms with van der Waals surface area (Å²) < 4.78 is 6.43. The molecule has 0 saturated heterocycles. The second-order valence-corrected chi connectivity index (χ2v) is 4.54. The molecule has 0 bridgehead atoms. The second kappa shape index (κ2) is 4.73. The first-order valence-electron chi connectivity index (χ1n) is 5.59. The maximum atomic E-state index is 11.6. The Kier molecular flexibility index (Phi) is 2.92. The summed E-state index contributed by atoms with van der Waals surface area (Å²) in [7, 11) is 0. The first-order valence-corrected chi connectivity index (χ1v) is 6.41. The van der Waals surface area contributed by atoms with Crippen LogP contribution in [0, 0.1) is 0 Å². The van der Waals surface area contributed by atoms with Gasteiger partial charge in [-0.05, 0) is 19.1 Å². The molecule has 19 heavy (non-hydrogen) atoms. The summed E-state index contributed by atoms with van der Waals surface area (Å²) in [6.07, 6.45) is 3.34. The molecule has 0 aliphatic heterocycles. The molecule has 3 aromatic heterocycles. The molecule has 0 amide bonds. The van der Waals surface area contributed by atoms with E-state index in [0.717, 1.165) is 16.9 Å². The summed E-state index contributed by atoms with van der Waals surface area (Å²) in [5.41, 5.74) is 0.788. The molecule has 0 radical (unpaired) electrons. The topological polar surface area (TPSA) is 82.3 Å². The zero-order valence-electron chi connectivity index (χ0n) is 9.98. The van der Waals surface area contributed by atoms with E-state index in [1.807, 2.05) is 6.07 Å². The van der Waals surface area contributed by atoms with Gasteiger partial charge in [0.2, 0.25) is 9.97 Å². The van der Waals surface area contributed by atoms with Crippen molar-refractivity contribution >= 4 is 22.3 Å². The maximum absolute atomic E-state index is 11.6. The fourth-order valence-electron chi connectivity index (χ4n) is 1.57. The van der Waals surface area contributed by atoms with E-state index in [2.05, 4.69) is 20.3 Å². The second-order valence-electron chi connectivity index (χ2n) is 3.59. The zero-order valence-corrected chi connectivity index (χ0v) is 10.8. The van der Waals surface area contributed by atoms with Crippen LogP contribution in [-0.4, -0.2) is 37.4 Å². The van der Waals surface area contributed by atoms with Crippen LogP contribution in [0.5, 0.6) is 0 Å². The van der Waals surface area contributed by atoms with Crippen LogP contribution in [0.4, 0.5) is 0 Å². The van der Waals surface area contributed by atoms with E-state index in [-0.39, 0.29) is 5.01 Å². The van der Waals surface area contributed by atoms with E-state index in [9.17, 15) is 4.79 Å². The Hall–Kier alpha value is -2.35. The molecule has 0 fully saturated rings. The Balaban J connectivity index is 2.06. The normalized spacial score (nSPS) is 10.8. The summed E-state index contributed by atoms with van der Waals surface area (Å²) >= 11 is 1.14. The molecule has 3 aromatic rings. The van der Waals surface area contributed by atoms with Crippen LogP contribution in [-0.2, 0) is 4.74 Å². The van der Waals surface area contributed by atoms with Gasteiger partial charge in [-0.1, -0.05) is 11.3 Å². The number of pyridine rings is 1. The third kappa shape index (κ3) is 2.06. The fraction of sp³-hybridized carbons (Fsp3) is 0.182. The lowest BCUT2D eigenvalue weighted by molar-refractivity contribution is 0.0524. The first-order chi connectivity index (χ1) is 9.29. The number of aromatic nitrogens is 5. The van der Waals surface area contributed by atoms with Crippen LogP contribution in [0.3, 0.4) is 0 Å². The Morgan fingerprint density at radius 2 is 2.37 bits per heavy atom. The molecule has 0 saturated carbocycles. The van der Waals surface area contributed by atoms with Crippen LogP contribution in [0.2, 0.25) is 0 Å². The minimum atomic E-state index is -0.449. The SMILES string of the molecule is CCOC(=O)c1nn2c(-c3cccnc3)nnc2s1. The predicted octanol–water partition coefficient (Wildman–Crippen LogP) is 1.42. The lowest BCUT2D eigenvalue weighted by Crippen LogP contribution is -2.05. The van der Waals surface area contributed by atoms with E-state index in [4.69, 9.17) is 4.74 Å². The monoisotopic (exact) mass is 275 g/mol. The summed E-state index contributed by atoms with van der Waals surface area (Å²) in [6, 6.07) is 3.65. The third-order valence-corrected chi connectivity index (χ3v) is 3.24. The summed E-state index contributed by atoms with van der Waals surface area (Å²) in [6.45, 7) is 2.06. The van der Waals surface area contributed by atoms with Crippen molar-refractivity contribution < 1.29 is 9.53 Å². The Morgan fingerprint density at radius 3 is 3.11 bits per heavy atom. The van der Waals surface area contributed by atoms with Gasteiger partial charge in [-0.3, -0.25) is 4.98 Å². The Labute approximate surface area is 111 Å². The number of nitrogens with zero attached hydrogens (tertiary/aromatic N) is 5. The van der Waals surface area contributed by atoms with Crippen molar-refractivity contribution in [3.05, 3.63) is 29.5 Å². The van der Waals surface area contributed by atoms with Gasteiger partial charge < -0.3 is 4.74 Å². The number of esters is 1. The molecule has 3 heterocycles. The average molecular weight is 275 g/mol. The predicted molar refractivity (Wildman–Crippen MR) is 67.8 cm³/mol. The molecule has 0 unspecified atom stereocenters. The summed E-state index contributed by atoms with van der Waals surface area (Å²) in [5.74, 6) is 0.102. The van der Waals surface area contributed by atoms with Gasteiger partial charge in [0.1, 0.15) is 0 Å². The maximum Gasteiger partial charge on any atom is 0.369 e. The van der Waals surface area contributed by atoms with Crippen molar-refractivity contribution in [1.82, 2.24) is 24.8 Å².